The summed E-state index contributed by atoms with van der Waals surface area (Å²) in [6.45, 7) is 2.93. The van der Waals surface area contributed by atoms with Crippen molar-refractivity contribution in [3.8, 4) is 0 Å². The van der Waals surface area contributed by atoms with Gasteiger partial charge in [0, 0.05) is 23.4 Å². The second kappa shape index (κ2) is 11.9. The maximum Gasteiger partial charge on any atom is 0.345 e. The van der Waals surface area contributed by atoms with E-state index in [1.165, 1.54) is 25.0 Å². The quantitative estimate of drug-likeness (QED) is 0.219. The van der Waals surface area contributed by atoms with Gasteiger partial charge in [0.05, 0.1) is 11.1 Å². The lowest BCUT2D eigenvalue weighted by Gasteiger charge is -2.29. The van der Waals surface area contributed by atoms with Crippen molar-refractivity contribution in [2.45, 2.75) is 64.4 Å². The first-order chi connectivity index (χ1) is 16.6. The maximum absolute atomic E-state index is 12.8. The first-order valence-corrected chi connectivity index (χ1v) is 12.6. The molecule has 0 atom stereocenters. The van der Waals surface area contributed by atoms with E-state index in [9.17, 15) is 9.59 Å². The molecular formula is C25H33N3O6S. The van der Waals surface area contributed by atoms with Crippen molar-refractivity contribution in [1.82, 2.24) is 10.3 Å². The van der Waals surface area contributed by atoms with Gasteiger partial charge in [-0.15, -0.1) is 11.3 Å². The molecule has 9 nitrogen and oxygen atoms in total. The lowest BCUT2D eigenvalue weighted by molar-refractivity contribution is -0.336. The largest absolute Gasteiger partial charge is 0.449 e. The fourth-order valence-corrected chi connectivity index (χ4v) is 4.67. The monoisotopic (exact) mass is 503 g/mol. The van der Waals surface area contributed by atoms with Crippen LogP contribution in [0, 0.1) is 5.41 Å². The van der Waals surface area contributed by atoms with E-state index in [0.717, 1.165) is 10.6 Å². The predicted molar refractivity (Wildman–Crippen MR) is 134 cm³/mol. The van der Waals surface area contributed by atoms with E-state index >= 15 is 0 Å². The van der Waals surface area contributed by atoms with Crippen molar-refractivity contribution >= 4 is 41.1 Å². The first-order valence-electron chi connectivity index (χ1n) is 11.8. The van der Waals surface area contributed by atoms with Crippen LogP contribution in [0.2, 0.25) is 0 Å². The Labute approximate surface area is 208 Å². The van der Waals surface area contributed by atoms with Crippen LogP contribution in [0.5, 0.6) is 0 Å². The third-order valence-electron chi connectivity index (χ3n) is 6.45. The molecule has 1 aromatic carbocycles. The molecular weight excluding hydrogens is 470 g/mol. The fourth-order valence-electron chi connectivity index (χ4n) is 3.88. The van der Waals surface area contributed by atoms with Gasteiger partial charge in [0.2, 0.25) is 5.91 Å². The molecule has 1 aliphatic rings. The minimum atomic E-state index is -3.16. The molecule has 1 fully saturated rings. The highest BCUT2D eigenvalue weighted by atomic mass is 32.1. The standard InChI is InChI=1S/C25H33N3O6S/c1-3-24(4-2,23(30)34-16-26-25(31,32)33)14-21(29)27-19-10-5-7-17(13-19)11-12-22-28-20(15-35-22)18-8-6-9-18/h5,7,10-13,15,18,26,31-33H,3-4,6,8-9,14,16H2,1-2H3,(H,27,29)/b12-11+. The molecule has 0 saturated heterocycles. The summed E-state index contributed by atoms with van der Waals surface area (Å²) in [6, 6.07) is 7.40. The normalized spacial score (nSPS) is 14.7. The third-order valence-corrected chi connectivity index (χ3v) is 7.28. The summed E-state index contributed by atoms with van der Waals surface area (Å²) >= 11 is 1.62. The van der Waals surface area contributed by atoms with Crippen molar-refractivity contribution in [2.24, 2.45) is 5.41 Å². The summed E-state index contributed by atoms with van der Waals surface area (Å²) in [5.41, 5.74) is 1.60. The van der Waals surface area contributed by atoms with E-state index in [2.05, 4.69) is 10.7 Å². The molecule has 1 heterocycles. The molecule has 5 N–H and O–H groups in total. The molecule has 0 spiro atoms. The van der Waals surface area contributed by atoms with E-state index in [0.29, 0.717) is 24.4 Å². The minimum absolute atomic E-state index is 0.107. The number of thiazole rings is 1. The van der Waals surface area contributed by atoms with Gasteiger partial charge in [0.25, 0.3) is 0 Å². The van der Waals surface area contributed by atoms with Crippen molar-refractivity contribution in [3.05, 3.63) is 45.9 Å². The van der Waals surface area contributed by atoms with Gasteiger partial charge < -0.3 is 25.4 Å². The zero-order valence-electron chi connectivity index (χ0n) is 20.0. The number of nitrogens with zero attached hydrogens (tertiary/aromatic N) is 1. The van der Waals surface area contributed by atoms with Crippen LogP contribution in [-0.2, 0) is 14.3 Å². The van der Waals surface area contributed by atoms with Crippen molar-refractivity contribution in [2.75, 3.05) is 12.0 Å². The average molecular weight is 504 g/mol. The van der Waals surface area contributed by atoms with Gasteiger partial charge >= 0.3 is 12.1 Å². The molecule has 190 valence electrons. The molecule has 1 aliphatic carbocycles. The van der Waals surface area contributed by atoms with Crippen LogP contribution in [0.15, 0.2) is 29.6 Å². The van der Waals surface area contributed by atoms with Gasteiger partial charge in [-0.1, -0.05) is 38.5 Å². The van der Waals surface area contributed by atoms with E-state index in [4.69, 9.17) is 25.0 Å². The highest BCUT2D eigenvalue weighted by Gasteiger charge is 2.39. The number of carbonyl (C=O) groups excluding carboxylic acids is 2. The number of esters is 1. The molecule has 3 rings (SSSR count). The number of nitrogens with one attached hydrogen (secondary N) is 2. The summed E-state index contributed by atoms with van der Waals surface area (Å²) < 4.78 is 5.01. The van der Waals surface area contributed by atoms with E-state index in [1.807, 2.05) is 35.7 Å². The number of benzene rings is 1. The molecule has 1 amide bonds. The Hall–Kier alpha value is -2.63. The van der Waals surface area contributed by atoms with Crippen LogP contribution >= 0.6 is 11.3 Å². The van der Waals surface area contributed by atoms with Crippen molar-refractivity contribution in [3.63, 3.8) is 0 Å². The smallest absolute Gasteiger partial charge is 0.345 e. The summed E-state index contributed by atoms with van der Waals surface area (Å²) in [5, 5.41) is 34.3. The SMILES string of the molecule is CCC(CC)(CC(=O)Nc1cccc(/C=C/c2nc(C3CCC3)cs2)c1)C(=O)OCNC(O)(O)O. The molecule has 1 aromatic heterocycles. The fraction of sp³-hybridized carbons (Fsp3) is 0.480. The van der Waals surface area contributed by atoms with Gasteiger partial charge in [-0.05, 0) is 49.5 Å². The Morgan fingerprint density at radius 2 is 1.94 bits per heavy atom. The number of aliphatic hydroxyl groups is 3. The van der Waals surface area contributed by atoms with Crippen molar-refractivity contribution < 1.29 is 29.6 Å². The van der Waals surface area contributed by atoms with Gasteiger partial charge in [-0.2, -0.15) is 0 Å². The van der Waals surface area contributed by atoms with E-state index < -0.39 is 24.2 Å². The topological polar surface area (TPSA) is 141 Å². The van der Waals surface area contributed by atoms with Gasteiger partial charge in [0.15, 0.2) is 0 Å². The number of anilines is 1. The number of ether oxygens (including phenoxy) is 1. The second-order valence-corrected chi connectivity index (χ2v) is 9.69. The van der Waals surface area contributed by atoms with Crippen LogP contribution in [0.3, 0.4) is 0 Å². The number of carbonyl (C=O) groups is 2. The number of hydrogen-bond acceptors (Lipinski definition) is 9. The molecule has 2 aromatic rings. The second-order valence-electron chi connectivity index (χ2n) is 8.80. The Morgan fingerprint density at radius 1 is 1.20 bits per heavy atom. The van der Waals surface area contributed by atoms with Crippen molar-refractivity contribution in [1.29, 1.82) is 0 Å². The Bertz CT molecular complexity index is 1040. The van der Waals surface area contributed by atoms with Gasteiger partial charge in [0.1, 0.15) is 11.7 Å². The van der Waals surface area contributed by atoms with Crippen LogP contribution in [0.4, 0.5) is 5.69 Å². The number of aromatic nitrogens is 1. The summed E-state index contributed by atoms with van der Waals surface area (Å²) in [5.74, 6) is -0.409. The molecule has 10 heteroatoms. The van der Waals surface area contributed by atoms with E-state index in [1.54, 1.807) is 31.3 Å². The van der Waals surface area contributed by atoms with Gasteiger partial charge in [-0.25, -0.2) is 10.3 Å². The zero-order valence-corrected chi connectivity index (χ0v) is 20.8. The maximum atomic E-state index is 12.8. The van der Waals surface area contributed by atoms with Crippen LogP contribution in [-0.4, -0.2) is 45.0 Å². The van der Waals surface area contributed by atoms with Crippen LogP contribution in [0.1, 0.15) is 74.6 Å². The van der Waals surface area contributed by atoms with E-state index in [-0.39, 0.29) is 12.3 Å². The summed E-state index contributed by atoms with van der Waals surface area (Å²) in [6.07, 6.45) is 5.06. The highest BCUT2D eigenvalue weighted by molar-refractivity contribution is 7.10. The average Bonchev–Trinajstić information content (AvgIpc) is 3.22. The Kier molecular flexibility index (Phi) is 9.15. The lowest BCUT2D eigenvalue weighted by atomic mass is 9.79. The minimum Gasteiger partial charge on any atom is -0.449 e. The molecule has 35 heavy (non-hydrogen) atoms. The summed E-state index contributed by atoms with van der Waals surface area (Å²) in [4.78, 5) is 30.1. The zero-order chi connectivity index (χ0) is 25.5. The summed E-state index contributed by atoms with van der Waals surface area (Å²) in [7, 11) is 0. The highest BCUT2D eigenvalue weighted by Crippen LogP contribution is 2.37. The molecule has 0 unspecified atom stereocenters. The van der Waals surface area contributed by atoms with Crippen LogP contribution < -0.4 is 10.6 Å². The number of amides is 1. The van der Waals surface area contributed by atoms with Gasteiger partial charge in [-0.3, -0.25) is 9.59 Å². The molecule has 1 saturated carbocycles. The molecule has 0 aliphatic heterocycles. The number of rotatable bonds is 12. The third kappa shape index (κ3) is 7.68. The predicted octanol–water partition coefficient (Wildman–Crippen LogP) is 3.39. The lowest BCUT2D eigenvalue weighted by Crippen LogP contribution is -2.47. The Morgan fingerprint density at radius 3 is 2.57 bits per heavy atom. The number of hydrogen-bond donors (Lipinski definition) is 5. The molecule has 0 radical (unpaired) electrons. The Balaban J connectivity index is 1.59. The first kappa shape index (κ1) is 27.0. The molecule has 0 bridgehead atoms. The van der Waals surface area contributed by atoms with Crippen LogP contribution in [0.25, 0.3) is 12.2 Å².